The van der Waals surface area contributed by atoms with E-state index in [0.717, 1.165) is 12.0 Å². The summed E-state index contributed by atoms with van der Waals surface area (Å²) < 4.78 is 18.6. The van der Waals surface area contributed by atoms with Gasteiger partial charge < -0.3 is 14.2 Å². The molecule has 0 aliphatic carbocycles. The molecule has 1 aromatic carbocycles. The number of carbonyl (C=O) groups is 1. The van der Waals surface area contributed by atoms with Crippen LogP contribution in [0.1, 0.15) is 43.9 Å². The molecule has 4 rings (SSSR count). The van der Waals surface area contributed by atoms with Crippen molar-refractivity contribution in [3.63, 3.8) is 0 Å². The number of allylic oxidation sites excluding steroid dienone is 1. The van der Waals surface area contributed by atoms with Gasteiger partial charge in [-0.3, -0.25) is 14.3 Å². The fraction of sp³-hybridized carbons (Fsp3) is 0.308. The summed E-state index contributed by atoms with van der Waals surface area (Å²) in [4.78, 5) is 36.5. The summed E-state index contributed by atoms with van der Waals surface area (Å²) >= 11 is 1.28. The Labute approximate surface area is 206 Å². The SMILES string of the molecule is CCCC1=C(C(=O)OCC)C(c2cc(OC)ccc2OC)n2c(s/c(=C/c3cccnc3)c2=O)=N1. The van der Waals surface area contributed by atoms with Crippen molar-refractivity contribution in [2.75, 3.05) is 20.8 Å². The van der Waals surface area contributed by atoms with E-state index >= 15 is 0 Å². The summed E-state index contributed by atoms with van der Waals surface area (Å²) in [5.74, 6) is 0.601. The molecule has 0 amide bonds. The van der Waals surface area contributed by atoms with Gasteiger partial charge in [0, 0.05) is 18.0 Å². The van der Waals surface area contributed by atoms with Crippen molar-refractivity contribution in [1.82, 2.24) is 9.55 Å². The quantitative estimate of drug-likeness (QED) is 0.448. The van der Waals surface area contributed by atoms with Crippen LogP contribution in [0.4, 0.5) is 0 Å². The van der Waals surface area contributed by atoms with Gasteiger partial charge in [0.15, 0.2) is 4.80 Å². The Balaban J connectivity index is 2.06. The minimum atomic E-state index is -0.784. The summed E-state index contributed by atoms with van der Waals surface area (Å²) in [6, 6.07) is 8.23. The molecule has 182 valence electrons. The first kappa shape index (κ1) is 24.4. The first-order valence-corrected chi connectivity index (χ1v) is 12.2. The zero-order valence-corrected chi connectivity index (χ0v) is 20.9. The Bertz CT molecular complexity index is 1440. The summed E-state index contributed by atoms with van der Waals surface area (Å²) in [5, 5.41) is 0. The molecule has 0 fully saturated rings. The highest BCUT2D eigenvalue weighted by Crippen LogP contribution is 2.38. The highest BCUT2D eigenvalue weighted by molar-refractivity contribution is 7.07. The van der Waals surface area contributed by atoms with Crippen LogP contribution in [0.15, 0.2) is 63.8 Å². The number of nitrogens with zero attached hydrogens (tertiary/aromatic N) is 3. The largest absolute Gasteiger partial charge is 0.497 e. The van der Waals surface area contributed by atoms with Crippen molar-refractivity contribution in [2.45, 2.75) is 32.7 Å². The zero-order valence-electron chi connectivity index (χ0n) is 20.1. The Morgan fingerprint density at radius 3 is 2.69 bits per heavy atom. The maximum Gasteiger partial charge on any atom is 0.338 e. The number of methoxy groups -OCH3 is 2. The molecule has 1 unspecified atom stereocenters. The summed E-state index contributed by atoms with van der Waals surface area (Å²) in [5.41, 5.74) is 2.10. The van der Waals surface area contributed by atoms with Crippen molar-refractivity contribution in [1.29, 1.82) is 0 Å². The molecule has 2 aromatic heterocycles. The molecule has 0 radical (unpaired) electrons. The molecule has 3 aromatic rings. The van der Waals surface area contributed by atoms with E-state index in [1.807, 2.05) is 19.1 Å². The normalized spacial score (nSPS) is 15.4. The zero-order chi connectivity index (χ0) is 24.9. The molecule has 0 bridgehead atoms. The number of esters is 1. The molecule has 0 saturated heterocycles. The average Bonchev–Trinajstić information content (AvgIpc) is 3.18. The molecule has 8 nitrogen and oxygen atoms in total. The molecular formula is C26H27N3O5S. The third kappa shape index (κ3) is 4.77. The predicted molar refractivity (Wildman–Crippen MR) is 133 cm³/mol. The van der Waals surface area contributed by atoms with Crippen molar-refractivity contribution in [3.05, 3.63) is 84.8 Å². The van der Waals surface area contributed by atoms with Gasteiger partial charge in [0.05, 0.1) is 36.6 Å². The highest BCUT2D eigenvalue weighted by Gasteiger charge is 2.36. The Hall–Kier alpha value is -3.72. The van der Waals surface area contributed by atoms with Crippen LogP contribution in [-0.4, -0.2) is 36.3 Å². The molecular weight excluding hydrogens is 466 g/mol. The summed E-state index contributed by atoms with van der Waals surface area (Å²) in [7, 11) is 3.12. The van der Waals surface area contributed by atoms with E-state index in [1.54, 1.807) is 62.4 Å². The number of fused-ring (bicyclic) bond motifs is 1. The van der Waals surface area contributed by atoms with Gasteiger partial charge in [-0.05, 0) is 49.2 Å². The Morgan fingerprint density at radius 1 is 1.20 bits per heavy atom. The fourth-order valence-corrected chi connectivity index (χ4v) is 5.10. The lowest BCUT2D eigenvalue weighted by atomic mass is 9.93. The third-order valence-corrected chi connectivity index (χ3v) is 6.59. The second kappa shape index (κ2) is 10.7. The highest BCUT2D eigenvalue weighted by atomic mass is 32.1. The molecule has 1 aliphatic heterocycles. The van der Waals surface area contributed by atoms with Crippen LogP contribution in [0.2, 0.25) is 0 Å². The predicted octanol–water partition coefficient (Wildman–Crippen LogP) is 2.99. The standard InChI is InChI=1S/C26H27N3O5S/c1-5-8-19-22(25(31)34-6-2)23(18-14-17(32-3)10-11-20(18)33-4)29-24(30)21(35-26(29)28-19)13-16-9-7-12-27-15-16/h7,9-15,23H,5-6,8H2,1-4H3/b21-13+. The number of hydrogen-bond donors (Lipinski definition) is 0. The minimum absolute atomic E-state index is 0.204. The van der Waals surface area contributed by atoms with E-state index in [2.05, 4.69) is 4.98 Å². The molecule has 35 heavy (non-hydrogen) atoms. The maximum absolute atomic E-state index is 13.8. The van der Waals surface area contributed by atoms with Crippen LogP contribution in [0.3, 0.4) is 0 Å². The molecule has 0 N–H and O–H groups in total. The van der Waals surface area contributed by atoms with Crippen LogP contribution in [0, 0.1) is 0 Å². The van der Waals surface area contributed by atoms with Crippen LogP contribution in [0.5, 0.6) is 11.5 Å². The van der Waals surface area contributed by atoms with Gasteiger partial charge in [-0.15, -0.1) is 0 Å². The minimum Gasteiger partial charge on any atom is -0.497 e. The van der Waals surface area contributed by atoms with Crippen molar-refractivity contribution >= 4 is 23.4 Å². The first-order chi connectivity index (χ1) is 17.0. The third-order valence-electron chi connectivity index (χ3n) is 5.61. The molecule has 1 atom stereocenters. The lowest BCUT2D eigenvalue weighted by Crippen LogP contribution is -2.40. The number of carbonyl (C=O) groups excluding carboxylic acids is 1. The van der Waals surface area contributed by atoms with E-state index in [1.165, 1.54) is 11.3 Å². The lowest BCUT2D eigenvalue weighted by molar-refractivity contribution is -0.139. The van der Waals surface area contributed by atoms with E-state index in [9.17, 15) is 9.59 Å². The summed E-state index contributed by atoms with van der Waals surface area (Å²) in [6.07, 6.45) is 6.48. The molecule has 3 heterocycles. The van der Waals surface area contributed by atoms with Gasteiger partial charge in [-0.2, -0.15) is 0 Å². The summed E-state index contributed by atoms with van der Waals surface area (Å²) in [6.45, 7) is 3.97. The van der Waals surface area contributed by atoms with E-state index < -0.39 is 12.0 Å². The van der Waals surface area contributed by atoms with Crippen LogP contribution < -0.4 is 24.4 Å². The molecule has 0 saturated carbocycles. The van der Waals surface area contributed by atoms with Crippen LogP contribution in [-0.2, 0) is 9.53 Å². The number of pyridine rings is 1. The van der Waals surface area contributed by atoms with E-state index in [-0.39, 0.29) is 12.2 Å². The van der Waals surface area contributed by atoms with Gasteiger partial charge in [0.1, 0.15) is 17.5 Å². The number of ether oxygens (including phenoxy) is 3. The molecule has 9 heteroatoms. The lowest BCUT2D eigenvalue weighted by Gasteiger charge is -2.27. The Kier molecular flexibility index (Phi) is 7.45. The monoisotopic (exact) mass is 493 g/mol. The van der Waals surface area contributed by atoms with E-state index in [4.69, 9.17) is 19.2 Å². The second-order valence-corrected chi connectivity index (χ2v) is 8.82. The van der Waals surface area contributed by atoms with Crippen LogP contribution in [0.25, 0.3) is 6.08 Å². The first-order valence-electron chi connectivity index (χ1n) is 11.4. The number of hydrogen-bond acceptors (Lipinski definition) is 8. The number of aromatic nitrogens is 2. The van der Waals surface area contributed by atoms with Gasteiger partial charge in [0.2, 0.25) is 0 Å². The van der Waals surface area contributed by atoms with Gasteiger partial charge in [0.25, 0.3) is 5.56 Å². The Morgan fingerprint density at radius 2 is 2.03 bits per heavy atom. The number of thiazole rings is 1. The molecule has 1 aliphatic rings. The van der Waals surface area contributed by atoms with Gasteiger partial charge >= 0.3 is 5.97 Å². The topological polar surface area (TPSA) is 92.0 Å². The van der Waals surface area contributed by atoms with Gasteiger partial charge in [-0.1, -0.05) is 30.7 Å². The second-order valence-electron chi connectivity index (χ2n) is 7.81. The molecule has 0 spiro atoms. The number of benzene rings is 1. The van der Waals surface area contributed by atoms with Crippen molar-refractivity contribution in [3.8, 4) is 11.5 Å². The average molecular weight is 494 g/mol. The fourth-order valence-electron chi connectivity index (χ4n) is 4.08. The number of rotatable bonds is 8. The maximum atomic E-state index is 13.8. The van der Waals surface area contributed by atoms with Gasteiger partial charge in [-0.25, -0.2) is 9.79 Å². The van der Waals surface area contributed by atoms with Crippen molar-refractivity contribution < 1.29 is 19.0 Å². The van der Waals surface area contributed by atoms with Crippen LogP contribution >= 0.6 is 11.3 Å². The van der Waals surface area contributed by atoms with Crippen molar-refractivity contribution in [2.24, 2.45) is 4.99 Å². The van der Waals surface area contributed by atoms with E-state index in [0.29, 0.717) is 44.1 Å². The smallest absolute Gasteiger partial charge is 0.338 e.